The number of hydrogen-bond acceptors (Lipinski definition) is 5. The van der Waals surface area contributed by atoms with E-state index >= 15 is 0 Å². The number of aromatic nitrogens is 3. The third-order valence-corrected chi connectivity index (χ3v) is 6.57. The molecule has 0 unspecified atom stereocenters. The van der Waals surface area contributed by atoms with Gasteiger partial charge >= 0.3 is 5.91 Å². The largest absolute Gasteiger partial charge is 0.305 e. The highest BCUT2D eigenvalue weighted by Gasteiger charge is 2.20. The van der Waals surface area contributed by atoms with Crippen molar-refractivity contribution in [2.45, 2.75) is 33.1 Å². The first-order valence-electron chi connectivity index (χ1n) is 10.2. The number of ketones is 1. The van der Waals surface area contributed by atoms with Crippen LogP contribution in [-0.2, 0) is 26.7 Å². The van der Waals surface area contributed by atoms with Gasteiger partial charge in [0.2, 0.25) is 15.8 Å². The molecule has 10 heteroatoms. The molecule has 170 valence electrons. The molecule has 0 atom stereocenters. The Bertz CT molecular complexity index is 1300. The van der Waals surface area contributed by atoms with Crippen LogP contribution in [0.3, 0.4) is 0 Å². The number of sulfonamides is 1. The molecule has 0 saturated heterocycles. The number of hydrogen-bond donors (Lipinski definition) is 1. The van der Waals surface area contributed by atoms with E-state index in [1.807, 2.05) is 40.6 Å². The third kappa shape index (κ3) is 5.28. The lowest BCUT2D eigenvalue weighted by Crippen LogP contribution is -2.36. The number of unbranched alkanes of at least 4 members (excludes halogenated alkanes) is 2. The van der Waals surface area contributed by atoms with E-state index < -0.39 is 21.7 Å². The number of nitrogens with zero attached hydrogens (tertiary/aromatic N) is 3. The molecule has 3 rings (SSSR count). The summed E-state index contributed by atoms with van der Waals surface area (Å²) in [6.45, 7) is 3.73. The van der Waals surface area contributed by atoms with E-state index in [4.69, 9.17) is 11.6 Å². The normalized spacial score (nSPS) is 12.0. The van der Waals surface area contributed by atoms with E-state index in [9.17, 15) is 18.0 Å². The number of amides is 1. The Morgan fingerprint density at radius 3 is 2.69 bits per heavy atom. The van der Waals surface area contributed by atoms with Crippen LogP contribution in [-0.4, -0.2) is 40.2 Å². The van der Waals surface area contributed by atoms with Crippen LogP contribution in [0.1, 0.15) is 37.4 Å². The minimum absolute atomic E-state index is 0.194. The summed E-state index contributed by atoms with van der Waals surface area (Å²) in [7, 11) is -2.07. The molecule has 0 spiro atoms. The van der Waals surface area contributed by atoms with Crippen molar-refractivity contribution in [2.24, 2.45) is 7.05 Å². The van der Waals surface area contributed by atoms with Crippen LogP contribution < -0.4 is 4.72 Å². The average Bonchev–Trinajstić information content (AvgIpc) is 3.24. The van der Waals surface area contributed by atoms with Crippen LogP contribution in [0.25, 0.3) is 22.8 Å². The smallest absolute Gasteiger partial charge is 0.301 e. The predicted molar refractivity (Wildman–Crippen MR) is 125 cm³/mol. The predicted octanol–water partition coefficient (Wildman–Crippen LogP) is 3.54. The van der Waals surface area contributed by atoms with E-state index in [2.05, 4.69) is 5.10 Å². The van der Waals surface area contributed by atoms with Gasteiger partial charge in [0.25, 0.3) is 0 Å². The van der Waals surface area contributed by atoms with Gasteiger partial charge in [-0.1, -0.05) is 31.4 Å². The highest BCUT2D eigenvalue weighted by Crippen LogP contribution is 2.27. The molecule has 1 aromatic carbocycles. The van der Waals surface area contributed by atoms with E-state index in [1.54, 1.807) is 24.7 Å². The molecule has 0 aliphatic heterocycles. The average molecular weight is 477 g/mol. The second kappa shape index (κ2) is 9.70. The molecule has 0 bridgehead atoms. The highest BCUT2D eigenvalue weighted by atomic mass is 35.5. The molecule has 32 heavy (non-hydrogen) atoms. The molecule has 0 fully saturated rings. The molecule has 0 radical (unpaired) electrons. The maximum Gasteiger partial charge on any atom is 0.305 e. The van der Waals surface area contributed by atoms with Gasteiger partial charge in [-0.2, -0.15) is 5.10 Å². The Hall–Kier alpha value is -2.91. The fourth-order valence-corrected chi connectivity index (χ4v) is 4.71. The summed E-state index contributed by atoms with van der Waals surface area (Å²) in [5, 5.41) is 5.99. The maximum absolute atomic E-state index is 12.3. The number of rotatable bonds is 9. The Labute approximate surface area is 191 Å². The molecule has 8 nitrogen and oxygen atoms in total. The first kappa shape index (κ1) is 23.7. The summed E-state index contributed by atoms with van der Waals surface area (Å²) < 4.78 is 29.4. The molecule has 0 saturated carbocycles. The monoisotopic (exact) mass is 476 g/mol. The summed E-state index contributed by atoms with van der Waals surface area (Å²) in [6, 6.07) is 7.43. The van der Waals surface area contributed by atoms with Crippen molar-refractivity contribution in [1.29, 1.82) is 0 Å². The van der Waals surface area contributed by atoms with Gasteiger partial charge in [0.05, 0.1) is 17.0 Å². The van der Waals surface area contributed by atoms with E-state index in [0.717, 1.165) is 29.8 Å². The number of benzene rings is 1. The van der Waals surface area contributed by atoms with Crippen LogP contribution in [0.4, 0.5) is 0 Å². The molecule has 2 heterocycles. The Kier molecular flexibility index (Phi) is 7.20. The minimum atomic E-state index is -3.84. The van der Waals surface area contributed by atoms with Crippen LogP contribution >= 0.6 is 11.6 Å². The zero-order chi connectivity index (χ0) is 23.5. The van der Waals surface area contributed by atoms with Gasteiger partial charge in [-0.25, -0.2) is 13.1 Å². The molecular weight excluding hydrogens is 452 g/mol. The Balaban J connectivity index is 1.85. The lowest BCUT2D eigenvalue weighted by Gasteiger charge is -2.08. The molecular formula is C22H25ClN4O4S. The molecule has 2 aromatic heterocycles. The van der Waals surface area contributed by atoms with Crippen molar-refractivity contribution < 1.29 is 18.0 Å². The van der Waals surface area contributed by atoms with Crippen LogP contribution in [0, 0.1) is 6.92 Å². The fraction of sp³-hybridized carbons (Fsp3) is 0.318. The molecule has 0 aliphatic rings. The fourth-order valence-electron chi connectivity index (χ4n) is 3.46. The first-order chi connectivity index (χ1) is 15.1. The van der Waals surface area contributed by atoms with Crippen molar-refractivity contribution in [3.05, 3.63) is 52.8 Å². The first-order valence-corrected chi connectivity index (χ1v) is 12.2. The standard InChI is InChI=1S/C22H25ClN4O4S/c1-4-5-6-13-32(30,31)25-21(29)20(28)10-8-18-15(2)24-26(3)22(18)27-12-11-16-14-17(23)7-9-19(16)27/h7-12,14H,4-6,13H2,1-3H3,(H,25,29)/b10-8+. The van der Waals surface area contributed by atoms with Gasteiger partial charge in [0.15, 0.2) is 0 Å². The Morgan fingerprint density at radius 1 is 1.22 bits per heavy atom. The lowest BCUT2D eigenvalue weighted by atomic mass is 10.2. The third-order valence-electron chi connectivity index (χ3n) is 5.01. The van der Waals surface area contributed by atoms with E-state index in [1.165, 1.54) is 6.08 Å². The SMILES string of the molecule is CCCCCS(=O)(=O)NC(=O)C(=O)/C=C/c1c(C)nn(C)c1-n1ccc2cc(Cl)ccc21. The molecule has 3 aromatic rings. The van der Waals surface area contributed by atoms with Gasteiger partial charge in [-0.05, 0) is 49.8 Å². The second-order valence-corrected chi connectivity index (χ2v) is 9.77. The summed E-state index contributed by atoms with van der Waals surface area (Å²) in [5.74, 6) is -1.64. The lowest BCUT2D eigenvalue weighted by molar-refractivity contribution is -0.134. The van der Waals surface area contributed by atoms with Crippen molar-refractivity contribution in [3.63, 3.8) is 0 Å². The quantitative estimate of drug-likeness (QED) is 0.289. The maximum atomic E-state index is 12.3. The van der Waals surface area contributed by atoms with Gasteiger partial charge in [0.1, 0.15) is 5.82 Å². The number of carbonyl (C=O) groups is 2. The van der Waals surface area contributed by atoms with E-state index in [0.29, 0.717) is 28.5 Å². The van der Waals surface area contributed by atoms with Gasteiger partial charge in [0, 0.05) is 29.2 Å². The topological polar surface area (TPSA) is 103 Å². The number of fused-ring (bicyclic) bond motifs is 1. The van der Waals surface area contributed by atoms with Crippen LogP contribution in [0.15, 0.2) is 36.5 Å². The summed E-state index contributed by atoms with van der Waals surface area (Å²) in [5.41, 5.74) is 2.18. The van der Waals surface area contributed by atoms with Crippen molar-refractivity contribution in [3.8, 4) is 5.82 Å². The van der Waals surface area contributed by atoms with Gasteiger partial charge in [-0.15, -0.1) is 0 Å². The van der Waals surface area contributed by atoms with Crippen LogP contribution in [0.2, 0.25) is 5.02 Å². The van der Waals surface area contributed by atoms with Crippen molar-refractivity contribution >= 4 is 50.3 Å². The number of halogens is 1. The number of aryl methyl sites for hydroxylation is 2. The second-order valence-electron chi connectivity index (χ2n) is 7.49. The molecule has 1 amide bonds. The van der Waals surface area contributed by atoms with Crippen LogP contribution in [0.5, 0.6) is 0 Å². The van der Waals surface area contributed by atoms with E-state index in [-0.39, 0.29) is 5.75 Å². The summed E-state index contributed by atoms with van der Waals surface area (Å²) >= 11 is 6.08. The van der Waals surface area contributed by atoms with Gasteiger partial charge in [-0.3, -0.25) is 14.3 Å². The Morgan fingerprint density at radius 2 is 1.97 bits per heavy atom. The van der Waals surface area contributed by atoms with Crippen molar-refractivity contribution in [2.75, 3.05) is 5.75 Å². The highest BCUT2D eigenvalue weighted by molar-refractivity contribution is 7.90. The molecule has 1 N–H and O–H groups in total. The number of carbonyl (C=O) groups excluding carboxylic acids is 2. The minimum Gasteiger partial charge on any atom is -0.301 e. The summed E-state index contributed by atoms with van der Waals surface area (Å²) in [6.07, 6.45) is 6.41. The van der Waals surface area contributed by atoms with Crippen molar-refractivity contribution in [1.82, 2.24) is 19.1 Å². The zero-order valence-corrected chi connectivity index (χ0v) is 19.7. The van der Waals surface area contributed by atoms with Gasteiger partial charge < -0.3 is 4.57 Å². The summed E-state index contributed by atoms with van der Waals surface area (Å²) in [4.78, 5) is 24.4. The number of nitrogens with one attached hydrogen (secondary N) is 1. The molecule has 0 aliphatic carbocycles. The zero-order valence-electron chi connectivity index (χ0n) is 18.1.